The predicted molar refractivity (Wildman–Crippen MR) is 89.2 cm³/mol. The molecule has 0 bridgehead atoms. The molecule has 1 aromatic carbocycles. The fourth-order valence-corrected chi connectivity index (χ4v) is 3.04. The minimum Gasteiger partial charge on any atom is -0.480 e. The van der Waals surface area contributed by atoms with Gasteiger partial charge in [-0.25, -0.2) is 0 Å². The van der Waals surface area contributed by atoms with Gasteiger partial charge >= 0.3 is 0 Å². The van der Waals surface area contributed by atoms with E-state index in [1.807, 2.05) is 25.1 Å². The zero-order chi connectivity index (χ0) is 14.7. The number of thiazole rings is 1. The molecule has 6 heteroatoms. The van der Waals surface area contributed by atoms with Crippen molar-refractivity contribution in [1.82, 2.24) is 4.98 Å². The highest BCUT2D eigenvalue weighted by molar-refractivity contribution is 9.10. The summed E-state index contributed by atoms with van der Waals surface area (Å²) in [6, 6.07) is 6.17. The first kappa shape index (κ1) is 15.1. The molecule has 1 N–H and O–H groups in total. The molecule has 1 heterocycles. The van der Waals surface area contributed by atoms with Gasteiger partial charge in [0.1, 0.15) is 0 Å². The average Bonchev–Trinajstić information content (AvgIpc) is 2.84. The number of aryl methyl sites for hydroxylation is 1. The Balaban J connectivity index is 2.16. The van der Waals surface area contributed by atoms with Gasteiger partial charge in [-0.15, -0.1) is 0 Å². The molecule has 0 aliphatic heterocycles. The number of halogens is 1. The highest BCUT2D eigenvalue weighted by Gasteiger charge is 2.13. The van der Waals surface area contributed by atoms with E-state index in [9.17, 15) is 0 Å². The van der Waals surface area contributed by atoms with Crippen LogP contribution in [0.1, 0.15) is 10.4 Å². The van der Waals surface area contributed by atoms with Crippen LogP contribution in [0.25, 0.3) is 0 Å². The van der Waals surface area contributed by atoms with Crippen molar-refractivity contribution in [2.45, 2.75) is 13.5 Å². The first-order valence-electron chi connectivity index (χ1n) is 6.23. The maximum atomic E-state index is 5.34. The Morgan fingerprint density at radius 3 is 2.80 bits per heavy atom. The molecule has 2 rings (SSSR count). The first-order valence-corrected chi connectivity index (χ1v) is 7.84. The van der Waals surface area contributed by atoms with Gasteiger partial charge in [-0.2, -0.15) is 4.98 Å². The van der Waals surface area contributed by atoms with Crippen LogP contribution in [0.2, 0.25) is 0 Å². The van der Waals surface area contributed by atoms with Crippen molar-refractivity contribution < 1.29 is 4.74 Å². The van der Waals surface area contributed by atoms with Crippen LogP contribution in [0.5, 0.6) is 5.88 Å². The van der Waals surface area contributed by atoms with Crippen LogP contribution in [0.15, 0.2) is 22.7 Å². The van der Waals surface area contributed by atoms with Crippen LogP contribution in [-0.4, -0.2) is 26.2 Å². The largest absolute Gasteiger partial charge is 0.480 e. The second kappa shape index (κ2) is 6.45. The van der Waals surface area contributed by atoms with E-state index in [4.69, 9.17) is 4.74 Å². The lowest BCUT2D eigenvalue weighted by molar-refractivity contribution is 0.397. The van der Waals surface area contributed by atoms with E-state index in [-0.39, 0.29) is 0 Å². The predicted octanol–water partition coefficient (Wildman–Crippen LogP) is 3.90. The van der Waals surface area contributed by atoms with E-state index in [1.165, 1.54) is 5.56 Å². The number of methoxy groups -OCH3 is 1. The van der Waals surface area contributed by atoms with E-state index in [2.05, 4.69) is 45.3 Å². The highest BCUT2D eigenvalue weighted by atomic mass is 79.9. The third-order valence-electron chi connectivity index (χ3n) is 2.86. The summed E-state index contributed by atoms with van der Waals surface area (Å²) in [7, 11) is 5.61. The maximum Gasteiger partial charge on any atom is 0.231 e. The van der Waals surface area contributed by atoms with Gasteiger partial charge in [-0.1, -0.05) is 23.5 Å². The molecular weight excluding hydrogens is 338 g/mol. The summed E-state index contributed by atoms with van der Waals surface area (Å²) in [6.45, 7) is 2.77. The molecule has 0 saturated heterocycles. The summed E-state index contributed by atoms with van der Waals surface area (Å²) in [5, 5.41) is 4.37. The zero-order valence-corrected chi connectivity index (χ0v) is 14.4. The quantitative estimate of drug-likeness (QED) is 0.882. The van der Waals surface area contributed by atoms with E-state index < -0.39 is 0 Å². The number of nitrogens with one attached hydrogen (secondary N) is 1. The second-order valence-electron chi connectivity index (χ2n) is 4.61. The molecule has 2 aromatic rings. The van der Waals surface area contributed by atoms with Crippen LogP contribution >= 0.6 is 27.3 Å². The van der Waals surface area contributed by atoms with E-state index >= 15 is 0 Å². The minimum absolute atomic E-state index is 0.690. The summed E-state index contributed by atoms with van der Waals surface area (Å²) >= 11 is 5.24. The molecule has 20 heavy (non-hydrogen) atoms. The maximum absolute atomic E-state index is 5.34. The van der Waals surface area contributed by atoms with Crippen molar-refractivity contribution in [2.75, 3.05) is 31.4 Å². The second-order valence-corrected chi connectivity index (χ2v) is 6.47. The third-order valence-corrected chi connectivity index (χ3v) is 5.11. The van der Waals surface area contributed by atoms with Crippen molar-refractivity contribution in [3.8, 4) is 5.88 Å². The monoisotopic (exact) mass is 355 g/mol. The van der Waals surface area contributed by atoms with Crippen LogP contribution in [-0.2, 0) is 6.54 Å². The van der Waals surface area contributed by atoms with Gasteiger partial charge in [-0.3, -0.25) is 0 Å². The Hall–Kier alpha value is -1.27. The molecule has 4 nitrogen and oxygen atoms in total. The Morgan fingerprint density at radius 1 is 1.40 bits per heavy atom. The number of benzene rings is 1. The topological polar surface area (TPSA) is 37.4 Å². The number of hydrogen-bond donors (Lipinski definition) is 1. The Morgan fingerprint density at radius 2 is 2.15 bits per heavy atom. The molecule has 0 saturated carbocycles. The van der Waals surface area contributed by atoms with Gasteiger partial charge in [-0.05, 0) is 34.5 Å². The van der Waals surface area contributed by atoms with Gasteiger partial charge in [0.05, 0.1) is 18.5 Å². The number of aromatic nitrogens is 1. The fraction of sp³-hybridized carbons (Fsp3) is 0.357. The summed E-state index contributed by atoms with van der Waals surface area (Å²) < 4.78 is 6.43. The molecular formula is C14H18BrN3OS. The lowest BCUT2D eigenvalue weighted by Crippen LogP contribution is -2.07. The SMILES string of the molecule is COc1nc(N(C)C)sc1CNc1cccc(C)c1Br. The van der Waals surface area contributed by atoms with Gasteiger partial charge in [0.2, 0.25) is 5.88 Å². The van der Waals surface area contributed by atoms with Crippen LogP contribution < -0.4 is 15.0 Å². The zero-order valence-electron chi connectivity index (χ0n) is 12.0. The molecule has 0 atom stereocenters. The van der Waals surface area contributed by atoms with E-state index in [0.29, 0.717) is 12.4 Å². The summed E-state index contributed by atoms with van der Waals surface area (Å²) in [5.74, 6) is 0.690. The van der Waals surface area contributed by atoms with Gasteiger partial charge in [0, 0.05) is 24.3 Å². The van der Waals surface area contributed by atoms with Crippen molar-refractivity contribution in [3.05, 3.63) is 33.1 Å². The molecule has 0 spiro atoms. The molecule has 0 radical (unpaired) electrons. The lowest BCUT2D eigenvalue weighted by Gasteiger charge is -2.09. The van der Waals surface area contributed by atoms with Crippen LogP contribution in [0.3, 0.4) is 0 Å². The van der Waals surface area contributed by atoms with Gasteiger partial charge in [0.25, 0.3) is 0 Å². The smallest absolute Gasteiger partial charge is 0.231 e. The Labute approximate surface area is 131 Å². The van der Waals surface area contributed by atoms with E-state index in [0.717, 1.165) is 20.2 Å². The van der Waals surface area contributed by atoms with Crippen LogP contribution in [0, 0.1) is 6.92 Å². The molecule has 1 aromatic heterocycles. The van der Waals surface area contributed by atoms with Crippen molar-refractivity contribution in [2.24, 2.45) is 0 Å². The average molecular weight is 356 g/mol. The summed E-state index contributed by atoms with van der Waals surface area (Å²) in [5.41, 5.74) is 2.28. The Bertz CT molecular complexity index is 598. The number of anilines is 2. The minimum atomic E-state index is 0.690. The third kappa shape index (κ3) is 3.24. The number of ether oxygens (including phenoxy) is 1. The van der Waals surface area contributed by atoms with Crippen molar-refractivity contribution in [3.63, 3.8) is 0 Å². The first-order chi connectivity index (χ1) is 9.52. The lowest BCUT2D eigenvalue weighted by atomic mass is 10.2. The van der Waals surface area contributed by atoms with Gasteiger partial charge < -0.3 is 15.0 Å². The van der Waals surface area contributed by atoms with Crippen molar-refractivity contribution in [1.29, 1.82) is 0 Å². The normalized spacial score (nSPS) is 10.4. The summed E-state index contributed by atoms with van der Waals surface area (Å²) in [6.07, 6.45) is 0. The summed E-state index contributed by atoms with van der Waals surface area (Å²) in [4.78, 5) is 7.52. The molecule has 0 fully saturated rings. The van der Waals surface area contributed by atoms with Gasteiger partial charge in [0.15, 0.2) is 5.13 Å². The van der Waals surface area contributed by atoms with Crippen LogP contribution in [0.4, 0.5) is 10.8 Å². The fourth-order valence-electron chi connectivity index (χ4n) is 1.75. The molecule has 0 aliphatic rings. The van der Waals surface area contributed by atoms with Crippen molar-refractivity contribution >= 4 is 38.1 Å². The Kier molecular flexibility index (Phi) is 4.88. The molecule has 108 valence electrons. The standard InChI is InChI=1S/C14H18BrN3OS/c1-9-6-5-7-10(12(9)15)16-8-11-13(19-4)17-14(20-11)18(2)3/h5-7,16H,8H2,1-4H3. The number of nitrogens with zero attached hydrogens (tertiary/aromatic N) is 2. The highest BCUT2D eigenvalue weighted by Crippen LogP contribution is 2.32. The number of hydrogen-bond acceptors (Lipinski definition) is 5. The number of rotatable bonds is 5. The molecule has 0 unspecified atom stereocenters. The van der Waals surface area contributed by atoms with E-state index in [1.54, 1.807) is 18.4 Å². The molecule has 0 amide bonds. The molecule has 0 aliphatic carbocycles.